The molecule has 0 spiro atoms. The number of cyclic esters (lactones) is 1. The highest BCUT2D eigenvalue weighted by Gasteiger charge is 2.34. The number of amides is 3. The number of methoxy groups -OCH3 is 1. The number of piperazine rings is 1. The van der Waals surface area contributed by atoms with Crippen LogP contribution in [0.3, 0.4) is 0 Å². The molecule has 0 aromatic heterocycles. The number of benzene rings is 1. The van der Waals surface area contributed by atoms with Crippen LogP contribution in [-0.4, -0.2) is 75.5 Å². The third-order valence-corrected chi connectivity index (χ3v) is 6.98. The van der Waals surface area contributed by atoms with Gasteiger partial charge in [-0.1, -0.05) is 19.3 Å². The Bertz CT molecular complexity index is 925. The van der Waals surface area contributed by atoms with Crippen LogP contribution in [0.1, 0.15) is 38.5 Å². The molecule has 2 saturated heterocycles. The smallest absolute Gasteiger partial charge is 0.414 e. The molecule has 192 valence electrons. The molecule has 1 unspecified atom stereocenters. The molecule has 3 amide bonds. The molecule has 1 N–H and O–H groups in total. The van der Waals surface area contributed by atoms with Gasteiger partial charge in [0.2, 0.25) is 5.91 Å². The molecule has 1 aromatic rings. The first kappa shape index (κ1) is 25.0. The summed E-state index contributed by atoms with van der Waals surface area (Å²) in [5.41, 5.74) is -0.125. The average molecular weight is 495 g/mol. The lowest BCUT2D eigenvalue weighted by molar-refractivity contribution is -0.132. The van der Waals surface area contributed by atoms with Crippen LogP contribution in [0, 0.1) is 17.6 Å². The Morgan fingerprint density at radius 3 is 2.37 bits per heavy atom. The number of hydrogen-bond donors (Lipinski definition) is 1. The second-order valence-electron chi connectivity index (χ2n) is 9.32. The van der Waals surface area contributed by atoms with Crippen molar-refractivity contribution in [3.8, 4) is 0 Å². The van der Waals surface area contributed by atoms with Crippen molar-refractivity contribution in [3.63, 3.8) is 0 Å². The Morgan fingerprint density at radius 1 is 1.09 bits per heavy atom. The van der Waals surface area contributed by atoms with Crippen molar-refractivity contribution in [2.24, 2.45) is 5.92 Å². The lowest BCUT2D eigenvalue weighted by Gasteiger charge is -2.37. The number of carbonyl (C=O) groups excluding carboxylic acids is 3. The monoisotopic (exact) mass is 494 g/mol. The van der Waals surface area contributed by atoms with Crippen molar-refractivity contribution in [1.82, 2.24) is 10.2 Å². The molecular weight excluding hydrogens is 462 g/mol. The van der Waals surface area contributed by atoms with Crippen molar-refractivity contribution in [2.75, 3.05) is 56.2 Å². The van der Waals surface area contributed by atoms with Gasteiger partial charge in [0.1, 0.15) is 11.8 Å². The van der Waals surface area contributed by atoms with Crippen LogP contribution in [0.2, 0.25) is 0 Å². The zero-order valence-corrected chi connectivity index (χ0v) is 19.9. The van der Waals surface area contributed by atoms with Gasteiger partial charge in [0.05, 0.1) is 25.9 Å². The van der Waals surface area contributed by atoms with Gasteiger partial charge in [0.15, 0.2) is 11.6 Å². The fraction of sp³-hybridized carbons (Fsp3) is 0.625. The largest absolute Gasteiger partial charge is 0.453 e. The molecule has 9 nitrogen and oxygen atoms in total. The minimum absolute atomic E-state index is 0.0156. The Hall–Kier alpha value is -3.11. The maximum absolute atomic E-state index is 15.0. The van der Waals surface area contributed by atoms with E-state index in [2.05, 4.69) is 10.1 Å². The molecule has 11 heteroatoms. The summed E-state index contributed by atoms with van der Waals surface area (Å²) in [5, 5.41) is 2.43. The quantitative estimate of drug-likeness (QED) is 0.653. The van der Waals surface area contributed by atoms with E-state index in [1.807, 2.05) is 0 Å². The van der Waals surface area contributed by atoms with E-state index in [1.165, 1.54) is 26.4 Å². The molecule has 3 aliphatic rings. The Labute approximate surface area is 203 Å². The lowest BCUT2D eigenvalue weighted by Crippen LogP contribution is -2.49. The molecule has 0 bridgehead atoms. The number of carbonyl (C=O) groups is 3. The van der Waals surface area contributed by atoms with Gasteiger partial charge in [-0.2, -0.15) is 0 Å². The Kier molecular flexibility index (Phi) is 7.92. The van der Waals surface area contributed by atoms with Crippen molar-refractivity contribution < 1.29 is 32.6 Å². The van der Waals surface area contributed by atoms with E-state index in [0.29, 0.717) is 38.5 Å². The van der Waals surface area contributed by atoms with E-state index in [-0.39, 0.29) is 30.4 Å². The third kappa shape index (κ3) is 5.94. The molecule has 1 aliphatic carbocycles. The second kappa shape index (κ2) is 11.1. The fourth-order valence-corrected chi connectivity index (χ4v) is 5.06. The van der Waals surface area contributed by atoms with Crippen LogP contribution >= 0.6 is 0 Å². The van der Waals surface area contributed by atoms with Gasteiger partial charge in [-0.3, -0.25) is 9.69 Å². The number of rotatable bonds is 6. The van der Waals surface area contributed by atoms with Crippen LogP contribution in [0.25, 0.3) is 0 Å². The molecule has 1 aromatic carbocycles. The topological polar surface area (TPSA) is 91.4 Å². The highest BCUT2D eigenvalue weighted by Crippen LogP contribution is 2.32. The Morgan fingerprint density at radius 2 is 1.74 bits per heavy atom. The van der Waals surface area contributed by atoms with E-state index in [0.717, 1.165) is 29.9 Å². The zero-order valence-electron chi connectivity index (χ0n) is 19.9. The first-order valence-electron chi connectivity index (χ1n) is 12.2. The number of nitrogens with zero attached hydrogens (tertiary/aromatic N) is 3. The van der Waals surface area contributed by atoms with E-state index in [4.69, 9.17) is 4.74 Å². The van der Waals surface area contributed by atoms with Crippen LogP contribution in [0.5, 0.6) is 0 Å². The summed E-state index contributed by atoms with van der Waals surface area (Å²) in [6.45, 7) is 1.54. The number of ether oxygens (including phenoxy) is 2. The van der Waals surface area contributed by atoms with Gasteiger partial charge >= 0.3 is 12.2 Å². The number of hydrogen-bond acceptors (Lipinski definition) is 6. The predicted molar refractivity (Wildman–Crippen MR) is 124 cm³/mol. The molecule has 1 atom stereocenters. The molecule has 2 heterocycles. The molecule has 3 fully saturated rings. The van der Waals surface area contributed by atoms with Crippen molar-refractivity contribution in [1.29, 1.82) is 0 Å². The van der Waals surface area contributed by atoms with Crippen LogP contribution in [0.15, 0.2) is 12.1 Å². The minimum Gasteiger partial charge on any atom is -0.453 e. The molecule has 4 rings (SSSR count). The first-order valence-corrected chi connectivity index (χ1v) is 12.2. The van der Waals surface area contributed by atoms with E-state index >= 15 is 8.78 Å². The number of anilines is 2. The molecule has 1 saturated carbocycles. The third-order valence-electron chi connectivity index (χ3n) is 6.98. The summed E-state index contributed by atoms with van der Waals surface area (Å²) in [6, 6.07) is 2.22. The van der Waals surface area contributed by atoms with Gasteiger partial charge < -0.3 is 24.6 Å². The maximum atomic E-state index is 15.0. The number of halogens is 2. The highest BCUT2D eigenvalue weighted by atomic mass is 19.1. The summed E-state index contributed by atoms with van der Waals surface area (Å²) in [6.07, 6.45) is 4.26. The summed E-state index contributed by atoms with van der Waals surface area (Å²) < 4.78 is 39.7. The summed E-state index contributed by atoms with van der Waals surface area (Å²) in [4.78, 5) is 40.6. The molecule has 35 heavy (non-hydrogen) atoms. The SMILES string of the molecule is COC(=O)NCC1CN(c2cc(F)c(N3CCN(C(=O)CC4CCCCC4)CC3)c(F)c2)C(=O)O1. The van der Waals surface area contributed by atoms with Crippen LogP contribution in [-0.2, 0) is 14.3 Å². The van der Waals surface area contributed by atoms with E-state index in [9.17, 15) is 14.4 Å². The fourth-order valence-electron chi connectivity index (χ4n) is 5.06. The van der Waals surface area contributed by atoms with Gasteiger partial charge in [-0.15, -0.1) is 0 Å². The maximum Gasteiger partial charge on any atom is 0.414 e. The van der Waals surface area contributed by atoms with Crippen molar-refractivity contribution >= 4 is 29.5 Å². The number of nitrogens with one attached hydrogen (secondary N) is 1. The first-order chi connectivity index (χ1) is 16.9. The van der Waals surface area contributed by atoms with E-state index in [1.54, 1.807) is 9.80 Å². The summed E-state index contributed by atoms with van der Waals surface area (Å²) in [5.74, 6) is -1.00. The van der Waals surface area contributed by atoms with Gasteiger partial charge in [-0.25, -0.2) is 18.4 Å². The molecule has 2 aliphatic heterocycles. The zero-order chi connectivity index (χ0) is 24.9. The normalized spacial score (nSPS) is 21.2. The average Bonchev–Trinajstić information content (AvgIpc) is 3.23. The summed E-state index contributed by atoms with van der Waals surface area (Å²) in [7, 11) is 1.21. The lowest BCUT2D eigenvalue weighted by atomic mass is 9.86. The number of alkyl carbamates (subject to hydrolysis) is 1. The molecular formula is C24H32F2N4O5. The van der Waals surface area contributed by atoms with Gasteiger partial charge in [0.25, 0.3) is 0 Å². The Balaban J connectivity index is 1.35. The predicted octanol–water partition coefficient (Wildman–Crippen LogP) is 3.27. The van der Waals surface area contributed by atoms with E-state index < -0.39 is 29.9 Å². The molecule has 0 radical (unpaired) electrons. The minimum atomic E-state index is -0.786. The van der Waals surface area contributed by atoms with Crippen LogP contribution in [0.4, 0.5) is 29.7 Å². The summed E-state index contributed by atoms with van der Waals surface area (Å²) >= 11 is 0. The van der Waals surface area contributed by atoms with Gasteiger partial charge in [-0.05, 0) is 18.8 Å². The second-order valence-corrected chi connectivity index (χ2v) is 9.32. The van der Waals surface area contributed by atoms with Crippen LogP contribution < -0.4 is 15.1 Å². The standard InChI is InChI=1S/C24H32F2N4O5/c1-34-23(32)27-14-18-15-30(24(33)35-18)17-12-19(25)22(20(26)13-17)29-9-7-28(8-10-29)21(31)11-16-5-3-2-4-6-16/h12-13,16,18H,2-11,14-15H2,1H3,(H,27,32). The van der Waals surface area contributed by atoms with Gasteiger partial charge in [0, 0.05) is 44.7 Å². The van der Waals surface area contributed by atoms with Crippen molar-refractivity contribution in [3.05, 3.63) is 23.8 Å². The highest BCUT2D eigenvalue weighted by molar-refractivity contribution is 5.90. The van der Waals surface area contributed by atoms with Crippen molar-refractivity contribution in [2.45, 2.75) is 44.6 Å².